The molecule has 0 aliphatic carbocycles. The number of ether oxygens (including phenoxy) is 4. The molecular formula is C39H75N7O10. The van der Waals surface area contributed by atoms with Crippen LogP contribution in [0, 0.1) is 0 Å². The molecule has 56 heavy (non-hydrogen) atoms. The van der Waals surface area contributed by atoms with Crippen LogP contribution in [0.1, 0.15) is 142 Å². The molecule has 0 radical (unpaired) electrons. The van der Waals surface area contributed by atoms with Crippen LogP contribution in [0.5, 0.6) is 0 Å². The number of nitrogens with two attached hydrogens (primary N) is 2. The van der Waals surface area contributed by atoms with Crippen LogP contribution >= 0.6 is 0 Å². The van der Waals surface area contributed by atoms with Gasteiger partial charge >= 0.3 is 5.97 Å². The van der Waals surface area contributed by atoms with E-state index in [9.17, 15) is 29.1 Å². The molecule has 0 saturated heterocycles. The summed E-state index contributed by atoms with van der Waals surface area (Å²) < 4.78 is 21.4. The molecule has 9 N–H and O–H groups in total. The van der Waals surface area contributed by atoms with Gasteiger partial charge in [-0.25, -0.2) is 10.6 Å². The Bertz CT molecular complexity index is 1050. The summed E-state index contributed by atoms with van der Waals surface area (Å²) in [6, 6.07) is -1.12. The number of carbonyl (C=O) groups is 5. The number of carboxylic acids is 1. The van der Waals surface area contributed by atoms with Crippen molar-refractivity contribution in [3.8, 4) is 0 Å². The maximum absolute atomic E-state index is 12.3. The zero-order valence-corrected chi connectivity index (χ0v) is 34.2. The van der Waals surface area contributed by atoms with Gasteiger partial charge in [0, 0.05) is 45.4 Å². The lowest BCUT2D eigenvalue weighted by atomic mass is 10.0. The first-order chi connectivity index (χ1) is 27.2. The van der Waals surface area contributed by atoms with E-state index in [1.54, 1.807) is 0 Å². The van der Waals surface area contributed by atoms with E-state index in [1.807, 2.05) is 0 Å². The number of hydrogen-bond acceptors (Lipinski definition) is 12. The minimum Gasteiger partial charge on any atom is -0.480 e. The van der Waals surface area contributed by atoms with Crippen LogP contribution in [0.3, 0.4) is 0 Å². The number of aliphatic carboxylic acids is 1. The second kappa shape index (κ2) is 39.8. The van der Waals surface area contributed by atoms with Crippen molar-refractivity contribution in [2.45, 2.75) is 148 Å². The Morgan fingerprint density at radius 2 is 1.11 bits per heavy atom. The number of nitrogens with one attached hydrogen (secondary N) is 4. The number of ketones is 1. The monoisotopic (exact) mass is 802 g/mol. The van der Waals surface area contributed by atoms with Crippen molar-refractivity contribution in [2.75, 3.05) is 65.9 Å². The van der Waals surface area contributed by atoms with Crippen molar-refractivity contribution in [3.05, 3.63) is 0 Å². The number of hydrazine groups is 1. The Labute approximate surface area is 334 Å². The topological polar surface area (TPSA) is 255 Å². The van der Waals surface area contributed by atoms with Gasteiger partial charge in [0.05, 0.1) is 33.0 Å². The number of rotatable bonds is 41. The number of amides is 3. The Kier molecular flexibility index (Phi) is 37.4. The van der Waals surface area contributed by atoms with Crippen LogP contribution in [0.2, 0.25) is 0 Å². The van der Waals surface area contributed by atoms with Crippen molar-refractivity contribution in [2.24, 2.45) is 16.8 Å². The largest absolute Gasteiger partial charge is 0.480 e. The van der Waals surface area contributed by atoms with Crippen LogP contribution < -0.4 is 33.1 Å². The number of carbonyl (C=O) groups excluding carboxylic acids is 4. The average Bonchev–Trinajstić information content (AvgIpc) is 3.18. The van der Waals surface area contributed by atoms with Crippen LogP contribution in [0.15, 0.2) is 5.10 Å². The van der Waals surface area contributed by atoms with Gasteiger partial charge in [-0.1, -0.05) is 84.0 Å². The van der Waals surface area contributed by atoms with Crippen LogP contribution in [0.4, 0.5) is 0 Å². The molecule has 0 rings (SSSR count). The molecular weight excluding hydrogens is 726 g/mol. The first-order valence-electron chi connectivity index (χ1n) is 20.8. The first kappa shape index (κ1) is 52.6. The van der Waals surface area contributed by atoms with Crippen LogP contribution in [-0.2, 0) is 42.9 Å². The number of amidine groups is 1. The minimum atomic E-state index is -1.17. The summed E-state index contributed by atoms with van der Waals surface area (Å²) in [6.45, 7) is 4.70. The normalized spacial score (nSPS) is 11.9. The molecule has 17 nitrogen and oxygen atoms in total. The molecule has 0 aliphatic rings. The summed E-state index contributed by atoms with van der Waals surface area (Å²) in [5, 5.41) is 21.1. The summed E-state index contributed by atoms with van der Waals surface area (Å²) in [5.41, 5.74) is 2.50. The van der Waals surface area contributed by atoms with Crippen molar-refractivity contribution in [3.63, 3.8) is 0 Å². The molecule has 326 valence electrons. The molecule has 1 atom stereocenters. The molecule has 0 unspecified atom stereocenters. The van der Waals surface area contributed by atoms with E-state index in [2.05, 4.69) is 33.4 Å². The Morgan fingerprint density at radius 3 is 1.68 bits per heavy atom. The van der Waals surface area contributed by atoms with E-state index in [0.29, 0.717) is 51.5 Å². The standard InChI is InChI=1S/C39H75N7O10/c1-2-3-23-42-38(50)32-56-30-27-53-25-17-18-33(47)31-55-29-28-54-26-24-43-36(48)22-21-34(39(51)52)44-37(49)20-16-14-12-10-8-6-4-5-7-9-11-13-15-19-35(45-40)46-41/h34H,2-32,40-41H2,1H3,(H,42,50)(H,43,48)(H,44,49)(H,45,46)(H,51,52)/t34-/m0/s1. The van der Waals surface area contributed by atoms with Crippen LogP contribution in [0.25, 0.3) is 0 Å². The van der Waals surface area contributed by atoms with E-state index in [-0.39, 0.29) is 82.3 Å². The number of carboxylic acid groups (broad SMARTS) is 1. The van der Waals surface area contributed by atoms with E-state index in [1.165, 1.54) is 44.9 Å². The first-order valence-corrected chi connectivity index (χ1v) is 20.8. The van der Waals surface area contributed by atoms with Crippen LogP contribution in [-0.4, -0.2) is 112 Å². The number of nitrogens with zero attached hydrogens (tertiary/aromatic N) is 1. The van der Waals surface area contributed by atoms with E-state index in [4.69, 9.17) is 30.6 Å². The number of hydrogen-bond donors (Lipinski definition) is 7. The molecule has 0 fully saturated rings. The Morgan fingerprint density at radius 1 is 0.571 bits per heavy atom. The summed E-state index contributed by atoms with van der Waals surface area (Å²) in [4.78, 5) is 59.6. The molecule has 0 saturated carbocycles. The molecule has 3 amide bonds. The van der Waals surface area contributed by atoms with Gasteiger partial charge in [-0.05, 0) is 32.1 Å². The lowest BCUT2D eigenvalue weighted by molar-refractivity contribution is -0.142. The second-order valence-electron chi connectivity index (χ2n) is 13.8. The maximum Gasteiger partial charge on any atom is 0.326 e. The van der Waals surface area contributed by atoms with Gasteiger partial charge < -0.3 is 51.3 Å². The molecule has 0 aromatic heterocycles. The highest BCUT2D eigenvalue weighted by Gasteiger charge is 2.20. The quantitative estimate of drug-likeness (QED) is 0.0154. The van der Waals surface area contributed by atoms with Gasteiger partial charge in [-0.2, -0.15) is 5.10 Å². The summed E-state index contributed by atoms with van der Waals surface area (Å²) in [6.07, 6.45) is 18.5. The van der Waals surface area contributed by atoms with Crippen molar-refractivity contribution < 1.29 is 48.0 Å². The summed E-state index contributed by atoms with van der Waals surface area (Å²) in [5.74, 6) is 9.19. The third kappa shape index (κ3) is 36.3. The highest BCUT2D eigenvalue weighted by Crippen LogP contribution is 2.13. The van der Waals surface area contributed by atoms with Gasteiger partial charge in [0.15, 0.2) is 5.78 Å². The SMILES string of the molecule is CCCCNC(=O)COCCOCCCC(=O)COCCOCCNC(=O)CC[C@H](NC(=O)CCCCCCCCCCCCCCC/C(=N/N)NN)C(=O)O. The Hall–Kier alpha value is -3.38. The number of hydrazone groups is 1. The van der Waals surface area contributed by atoms with Gasteiger partial charge in [0.2, 0.25) is 17.7 Å². The fourth-order valence-corrected chi connectivity index (χ4v) is 5.54. The highest BCUT2D eigenvalue weighted by molar-refractivity contribution is 5.84. The second-order valence-corrected chi connectivity index (χ2v) is 13.8. The zero-order valence-electron chi connectivity index (χ0n) is 34.2. The summed E-state index contributed by atoms with van der Waals surface area (Å²) >= 11 is 0. The molecule has 0 aromatic carbocycles. The Balaban J connectivity index is 3.66. The number of unbranched alkanes of at least 4 members (excludes halogenated alkanes) is 13. The lowest BCUT2D eigenvalue weighted by Gasteiger charge is -2.14. The molecule has 17 heteroatoms. The minimum absolute atomic E-state index is 0.00698. The van der Waals surface area contributed by atoms with Gasteiger partial charge in [0.25, 0.3) is 0 Å². The van der Waals surface area contributed by atoms with E-state index < -0.39 is 12.0 Å². The lowest BCUT2D eigenvalue weighted by Crippen LogP contribution is -2.41. The molecule has 0 aromatic rings. The summed E-state index contributed by atoms with van der Waals surface area (Å²) in [7, 11) is 0. The predicted molar refractivity (Wildman–Crippen MR) is 215 cm³/mol. The third-order valence-electron chi connectivity index (χ3n) is 8.84. The van der Waals surface area contributed by atoms with Crippen molar-refractivity contribution in [1.82, 2.24) is 21.4 Å². The fourth-order valence-electron chi connectivity index (χ4n) is 5.54. The van der Waals surface area contributed by atoms with E-state index >= 15 is 0 Å². The molecule has 0 heterocycles. The fraction of sp³-hybridized carbons (Fsp3) is 0.846. The number of Topliss-reactive ketones (excluding diaryl/α,β-unsaturated/α-hetero) is 1. The van der Waals surface area contributed by atoms with Gasteiger partial charge in [0.1, 0.15) is 25.1 Å². The van der Waals surface area contributed by atoms with Gasteiger partial charge in [-0.3, -0.25) is 19.2 Å². The molecule has 0 bridgehead atoms. The smallest absolute Gasteiger partial charge is 0.326 e. The predicted octanol–water partition coefficient (Wildman–Crippen LogP) is 3.37. The van der Waals surface area contributed by atoms with E-state index in [0.717, 1.165) is 51.4 Å². The maximum atomic E-state index is 12.3. The van der Waals surface area contributed by atoms with Crippen molar-refractivity contribution >= 4 is 35.3 Å². The molecule has 0 spiro atoms. The highest BCUT2D eigenvalue weighted by atomic mass is 16.5. The zero-order chi connectivity index (χ0) is 41.3. The molecule has 0 aliphatic heterocycles. The third-order valence-corrected chi connectivity index (χ3v) is 8.84. The average molecular weight is 802 g/mol. The van der Waals surface area contributed by atoms with Gasteiger partial charge in [-0.15, -0.1) is 0 Å². The van der Waals surface area contributed by atoms with Crippen molar-refractivity contribution in [1.29, 1.82) is 0 Å².